The maximum absolute atomic E-state index is 5.91. The molecule has 0 amide bonds. The van der Waals surface area contributed by atoms with Gasteiger partial charge in [-0.1, -0.05) is 97.1 Å². The number of rotatable bonds is 3. The molecule has 0 aliphatic rings. The molecule has 12 aromatic rings. The summed E-state index contributed by atoms with van der Waals surface area (Å²) in [6.45, 7) is 0. The minimum atomic E-state index is 0.648. The predicted octanol–water partition coefficient (Wildman–Crippen LogP) is 14.0. The molecule has 7 heteroatoms. The van der Waals surface area contributed by atoms with Gasteiger partial charge in [-0.2, -0.15) is 0 Å². The third-order valence-electron chi connectivity index (χ3n) is 10.0. The van der Waals surface area contributed by atoms with Gasteiger partial charge < -0.3 is 18.4 Å². The van der Waals surface area contributed by atoms with Gasteiger partial charge in [0, 0.05) is 53.0 Å². The van der Waals surface area contributed by atoms with Crippen molar-refractivity contribution in [2.45, 2.75) is 0 Å². The van der Waals surface area contributed by atoms with Gasteiger partial charge in [0.15, 0.2) is 11.2 Å². The monoisotopic (exact) mass is 848 g/mol. The van der Waals surface area contributed by atoms with Crippen LogP contribution in [0.4, 0.5) is 0 Å². The first-order valence-electron chi connectivity index (χ1n) is 18.7. The largest absolute Gasteiger partial charge is 0.436 e. The molecule has 0 radical (unpaired) electrons. The van der Waals surface area contributed by atoms with Crippen LogP contribution in [0.15, 0.2) is 203 Å². The van der Waals surface area contributed by atoms with E-state index in [1.54, 1.807) is 0 Å². The molecule has 6 nitrogen and oxygen atoms in total. The highest BCUT2D eigenvalue weighted by atomic mass is 127. The lowest BCUT2D eigenvalue weighted by Gasteiger charge is -2.08. The fourth-order valence-corrected chi connectivity index (χ4v) is 7.70. The lowest BCUT2D eigenvalue weighted by molar-refractivity contribution is 0.619. The Morgan fingerprint density at radius 2 is 0.807 bits per heavy atom. The van der Waals surface area contributed by atoms with Crippen LogP contribution in [0.5, 0.6) is 0 Å². The summed E-state index contributed by atoms with van der Waals surface area (Å²) >= 11 is 2.28. The van der Waals surface area contributed by atoms with Gasteiger partial charge in [0.05, 0.1) is 11.0 Å². The lowest BCUT2D eigenvalue weighted by atomic mass is 10.2. The van der Waals surface area contributed by atoms with Gasteiger partial charge in [0.25, 0.3) is 0 Å². The zero-order valence-corrected chi connectivity index (χ0v) is 32.7. The Hall–Kier alpha value is -6.97. The molecule has 1 N–H and O–H groups in total. The molecule has 0 aliphatic carbocycles. The Labute approximate surface area is 341 Å². The van der Waals surface area contributed by atoms with Crippen molar-refractivity contribution in [2.75, 3.05) is 0 Å². The second kappa shape index (κ2) is 14.9. The second-order valence-corrected chi connectivity index (χ2v) is 14.9. The van der Waals surface area contributed by atoms with Crippen molar-refractivity contribution in [3.05, 3.63) is 198 Å². The van der Waals surface area contributed by atoms with Crippen molar-refractivity contribution in [2.24, 2.45) is 0 Å². The first-order chi connectivity index (χ1) is 28.2. The summed E-state index contributed by atoms with van der Waals surface area (Å²) in [6, 6.07) is 66.0. The lowest BCUT2D eigenvalue weighted by Crippen LogP contribution is -1.93. The summed E-state index contributed by atoms with van der Waals surface area (Å²) in [5.74, 6) is 1.33. The SMILES string of the molecule is Ic1ccc(-c2nc3ccccc3o2)cc1.c1ccc2c(c1)[nH]c1ccccc12.c1ccc2oc(-c3ccc(-n4c5ccccc5c5ccccc54)cc3)nc2c1. The average molecular weight is 849 g/mol. The number of nitrogens with one attached hydrogen (secondary N) is 1. The van der Waals surface area contributed by atoms with E-state index in [-0.39, 0.29) is 0 Å². The summed E-state index contributed by atoms with van der Waals surface area (Å²) in [5.41, 5.74) is 11.4. The number of hydrogen-bond acceptors (Lipinski definition) is 4. The molecule has 0 saturated heterocycles. The van der Waals surface area contributed by atoms with E-state index >= 15 is 0 Å². The zero-order chi connectivity index (χ0) is 38.1. The number of aromatic amines is 1. The van der Waals surface area contributed by atoms with Gasteiger partial charge in [-0.15, -0.1) is 0 Å². The normalized spacial score (nSPS) is 11.2. The maximum Gasteiger partial charge on any atom is 0.227 e. The molecule has 12 rings (SSSR count). The van der Waals surface area contributed by atoms with Crippen LogP contribution < -0.4 is 0 Å². The average Bonchev–Trinajstić information content (AvgIpc) is 4.06. The molecular formula is C50H33IN4O2. The first kappa shape index (κ1) is 34.5. The Kier molecular flexibility index (Phi) is 9.04. The topological polar surface area (TPSA) is 72.8 Å². The summed E-state index contributed by atoms with van der Waals surface area (Å²) < 4.78 is 15.1. The Morgan fingerprint density at radius 1 is 0.404 bits per heavy atom. The van der Waals surface area contributed by atoms with E-state index in [1.807, 2.05) is 72.8 Å². The van der Waals surface area contributed by atoms with Crippen LogP contribution in [0.3, 0.4) is 0 Å². The smallest absolute Gasteiger partial charge is 0.227 e. The number of aromatic nitrogens is 4. The van der Waals surface area contributed by atoms with E-state index in [0.717, 1.165) is 39.0 Å². The fraction of sp³-hybridized carbons (Fsp3) is 0. The van der Waals surface area contributed by atoms with E-state index in [9.17, 15) is 0 Å². The molecular weight excluding hydrogens is 815 g/mol. The van der Waals surface area contributed by atoms with E-state index in [1.165, 1.54) is 47.2 Å². The minimum absolute atomic E-state index is 0.648. The summed E-state index contributed by atoms with van der Waals surface area (Å²) in [7, 11) is 0. The van der Waals surface area contributed by atoms with E-state index < -0.39 is 0 Å². The molecule has 57 heavy (non-hydrogen) atoms. The Balaban J connectivity index is 0.000000115. The Morgan fingerprint density at radius 3 is 1.30 bits per heavy atom. The molecule has 0 aliphatic heterocycles. The van der Waals surface area contributed by atoms with Gasteiger partial charge in [0.2, 0.25) is 11.8 Å². The van der Waals surface area contributed by atoms with Gasteiger partial charge in [0.1, 0.15) is 11.0 Å². The fourth-order valence-electron chi connectivity index (χ4n) is 7.34. The highest BCUT2D eigenvalue weighted by Gasteiger charge is 2.13. The molecule has 4 aromatic heterocycles. The number of benzene rings is 8. The number of hydrogen-bond donors (Lipinski definition) is 1. The van der Waals surface area contributed by atoms with E-state index in [4.69, 9.17) is 8.83 Å². The number of H-pyrrole nitrogens is 1. The first-order valence-corrected chi connectivity index (χ1v) is 19.8. The number of para-hydroxylation sites is 8. The number of nitrogens with zero attached hydrogens (tertiary/aromatic N) is 3. The molecule has 8 aromatic carbocycles. The third kappa shape index (κ3) is 6.72. The van der Waals surface area contributed by atoms with Crippen LogP contribution in [0.2, 0.25) is 0 Å². The quantitative estimate of drug-likeness (QED) is 0.180. The second-order valence-electron chi connectivity index (χ2n) is 13.6. The molecule has 0 fully saturated rings. The van der Waals surface area contributed by atoms with Crippen molar-refractivity contribution in [3.8, 4) is 28.6 Å². The van der Waals surface area contributed by atoms with Crippen LogP contribution in [0.25, 0.3) is 94.4 Å². The molecule has 0 saturated carbocycles. The molecule has 272 valence electrons. The van der Waals surface area contributed by atoms with Crippen LogP contribution >= 0.6 is 22.6 Å². The van der Waals surface area contributed by atoms with Crippen LogP contribution in [0.1, 0.15) is 0 Å². The summed E-state index contributed by atoms with van der Waals surface area (Å²) in [6.07, 6.45) is 0. The van der Waals surface area contributed by atoms with Crippen molar-refractivity contribution >= 4 is 88.4 Å². The number of oxazole rings is 2. The van der Waals surface area contributed by atoms with Gasteiger partial charge >= 0.3 is 0 Å². The molecule has 0 spiro atoms. The number of halogens is 1. The highest BCUT2D eigenvalue weighted by molar-refractivity contribution is 14.1. The standard InChI is InChI=1S/C25H16N2O.C13H8INO.C12H9N/c1-4-10-22-19(7-1)20-8-2-5-11-23(20)27(22)18-15-13-17(14-16-18)25-26-21-9-3-6-12-24(21)28-25;14-10-7-5-9(6-8-10)13-15-11-3-1-2-4-12(11)16-13;1-3-7-11-9(5-1)10-6-2-4-8-12(10)13-11/h1-16H;1-8H;1-8,13H. The predicted molar refractivity (Wildman–Crippen MR) is 242 cm³/mol. The van der Waals surface area contributed by atoms with E-state index in [2.05, 4.69) is 163 Å². The van der Waals surface area contributed by atoms with E-state index in [0.29, 0.717) is 11.8 Å². The molecule has 0 bridgehead atoms. The van der Waals surface area contributed by atoms with Crippen LogP contribution in [-0.4, -0.2) is 19.5 Å². The Bertz CT molecular complexity index is 3150. The van der Waals surface area contributed by atoms with Crippen molar-refractivity contribution in [1.82, 2.24) is 19.5 Å². The van der Waals surface area contributed by atoms with Crippen LogP contribution in [0, 0.1) is 3.57 Å². The molecule has 0 unspecified atom stereocenters. The zero-order valence-electron chi connectivity index (χ0n) is 30.5. The number of fused-ring (bicyclic) bond motifs is 8. The third-order valence-corrected chi connectivity index (χ3v) is 10.8. The van der Waals surface area contributed by atoms with Gasteiger partial charge in [-0.05, 0) is 120 Å². The molecule has 0 atom stereocenters. The van der Waals surface area contributed by atoms with Gasteiger partial charge in [-0.3, -0.25) is 0 Å². The van der Waals surface area contributed by atoms with Gasteiger partial charge in [-0.25, -0.2) is 9.97 Å². The maximum atomic E-state index is 5.91. The summed E-state index contributed by atoms with van der Waals surface area (Å²) in [5, 5.41) is 5.14. The highest BCUT2D eigenvalue weighted by Crippen LogP contribution is 2.33. The van der Waals surface area contributed by atoms with Crippen molar-refractivity contribution < 1.29 is 8.83 Å². The van der Waals surface area contributed by atoms with Crippen molar-refractivity contribution in [3.63, 3.8) is 0 Å². The molecule has 4 heterocycles. The van der Waals surface area contributed by atoms with Crippen molar-refractivity contribution in [1.29, 1.82) is 0 Å². The van der Waals surface area contributed by atoms with Crippen LogP contribution in [-0.2, 0) is 0 Å². The summed E-state index contributed by atoms with van der Waals surface area (Å²) in [4.78, 5) is 12.4. The minimum Gasteiger partial charge on any atom is -0.436 e.